The zero-order valence-electron chi connectivity index (χ0n) is 9.74. The zero-order valence-corrected chi connectivity index (χ0v) is 9.74. The van der Waals surface area contributed by atoms with E-state index in [0.717, 1.165) is 11.6 Å². The summed E-state index contributed by atoms with van der Waals surface area (Å²) in [6.45, 7) is 1.74. The van der Waals surface area contributed by atoms with Crippen LogP contribution in [0, 0.1) is 29.9 Å². The second-order valence-corrected chi connectivity index (χ2v) is 3.88. The van der Waals surface area contributed by atoms with Crippen LogP contribution < -0.4 is 0 Å². The van der Waals surface area contributed by atoms with Crippen LogP contribution in [0.15, 0.2) is 30.3 Å². The summed E-state index contributed by atoms with van der Waals surface area (Å²) in [5.74, 6) is -1.80. The standard InChI is InChI=1S/C14H10F2N2/c1-9-10(7-8-17)5-6-13(18-9)11-3-2-4-12(15)14(11)16/h2-6H,7H2,1H3. The topological polar surface area (TPSA) is 36.7 Å². The van der Waals surface area contributed by atoms with Crippen molar-refractivity contribution in [2.45, 2.75) is 13.3 Å². The van der Waals surface area contributed by atoms with Crippen LogP contribution >= 0.6 is 0 Å². The maximum Gasteiger partial charge on any atom is 0.168 e. The number of hydrogen-bond acceptors (Lipinski definition) is 2. The Morgan fingerprint density at radius 3 is 2.67 bits per heavy atom. The average molecular weight is 244 g/mol. The maximum atomic E-state index is 13.6. The second kappa shape index (κ2) is 4.92. The summed E-state index contributed by atoms with van der Waals surface area (Å²) in [6.07, 6.45) is 0.255. The van der Waals surface area contributed by atoms with Gasteiger partial charge in [0.15, 0.2) is 11.6 Å². The van der Waals surface area contributed by atoms with Crippen molar-refractivity contribution < 1.29 is 8.78 Å². The minimum absolute atomic E-state index is 0.126. The molecule has 0 radical (unpaired) electrons. The van der Waals surface area contributed by atoms with Gasteiger partial charge in [-0.25, -0.2) is 8.78 Å². The van der Waals surface area contributed by atoms with E-state index >= 15 is 0 Å². The Kier molecular flexibility index (Phi) is 3.33. The lowest BCUT2D eigenvalue weighted by Crippen LogP contribution is -1.96. The molecule has 18 heavy (non-hydrogen) atoms. The maximum absolute atomic E-state index is 13.6. The van der Waals surface area contributed by atoms with Crippen LogP contribution in [0.3, 0.4) is 0 Å². The third-order valence-corrected chi connectivity index (χ3v) is 2.69. The average Bonchev–Trinajstić information content (AvgIpc) is 2.35. The number of rotatable bonds is 2. The smallest absolute Gasteiger partial charge is 0.168 e. The number of aromatic nitrogens is 1. The number of halogens is 2. The molecule has 0 fully saturated rings. The van der Waals surface area contributed by atoms with Gasteiger partial charge in [-0.1, -0.05) is 12.1 Å². The summed E-state index contributed by atoms with van der Waals surface area (Å²) in [5, 5.41) is 8.62. The van der Waals surface area contributed by atoms with E-state index in [9.17, 15) is 8.78 Å². The highest BCUT2D eigenvalue weighted by molar-refractivity contribution is 5.60. The molecule has 0 aliphatic rings. The third kappa shape index (κ3) is 2.21. The fourth-order valence-corrected chi connectivity index (χ4v) is 1.71. The van der Waals surface area contributed by atoms with Crippen molar-refractivity contribution in [1.29, 1.82) is 5.26 Å². The van der Waals surface area contributed by atoms with Gasteiger partial charge < -0.3 is 0 Å². The minimum atomic E-state index is -0.905. The monoisotopic (exact) mass is 244 g/mol. The molecule has 2 rings (SSSR count). The highest BCUT2D eigenvalue weighted by Gasteiger charge is 2.11. The normalized spacial score (nSPS) is 10.1. The van der Waals surface area contributed by atoms with Crippen molar-refractivity contribution >= 4 is 0 Å². The van der Waals surface area contributed by atoms with Gasteiger partial charge in [-0.15, -0.1) is 0 Å². The Labute approximate surface area is 104 Å². The molecule has 0 aliphatic carbocycles. The summed E-state index contributed by atoms with van der Waals surface area (Å²) in [7, 11) is 0. The summed E-state index contributed by atoms with van der Waals surface area (Å²) in [6, 6.07) is 9.32. The van der Waals surface area contributed by atoms with E-state index in [1.54, 1.807) is 19.1 Å². The lowest BCUT2D eigenvalue weighted by molar-refractivity contribution is 0.511. The Morgan fingerprint density at radius 1 is 1.22 bits per heavy atom. The fourth-order valence-electron chi connectivity index (χ4n) is 1.71. The van der Waals surface area contributed by atoms with E-state index in [1.165, 1.54) is 12.1 Å². The lowest BCUT2D eigenvalue weighted by atomic mass is 10.1. The van der Waals surface area contributed by atoms with Gasteiger partial charge in [0.2, 0.25) is 0 Å². The van der Waals surface area contributed by atoms with Crippen LogP contribution in [0.25, 0.3) is 11.3 Å². The van der Waals surface area contributed by atoms with E-state index in [1.807, 2.05) is 6.07 Å². The molecular weight excluding hydrogens is 234 g/mol. The van der Waals surface area contributed by atoms with Gasteiger partial charge in [0.25, 0.3) is 0 Å². The molecule has 0 saturated heterocycles. The Balaban J connectivity index is 2.50. The van der Waals surface area contributed by atoms with Gasteiger partial charge in [0.1, 0.15) is 0 Å². The highest BCUT2D eigenvalue weighted by atomic mass is 19.2. The molecule has 0 spiro atoms. The first-order valence-corrected chi connectivity index (χ1v) is 5.41. The zero-order chi connectivity index (χ0) is 13.1. The van der Waals surface area contributed by atoms with Crippen molar-refractivity contribution in [3.8, 4) is 17.3 Å². The first-order chi connectivity index (χ1) is 8.63. The molecule has 0 aliphatic heterocycles. The summed E-state index contributed by atoms with van der Waals surface area (Å²) < 4.78 is 26.7. The van der Waals surface area contributed by atoms with E-state index in [4.69, 9.17) is 5.26 Å². The van der Waals surface area contributed by atoms with Crippen LogP contribution in [0.2, 0.25) is 0 Å². The van der Waals surface area contributed by atoms with Gasteiger partial charge in [0.05, 0.1) is 18.2 Å². The van der Waals surface area contributed by atoms with E-state index < -0.39 is 11.6 Å². The Morgan fingerprint density at radius 2 is 2.00 bits per heavy atom. The van der Waals surface area contributed by atoms with Gasteiger partial charge in [-0.2, -0.15) is 5.26 Å². The molecule has 1 aromatic heterocycles. The van der Waals surface area contributed by atoms with E-state index in [-0.39, 0.29) is 12.0 Å². The van der Waals surface area contributed by atoms with Crippen LogP contribution in [0.4, 0.5) is 8.78 Å². The first-order valence-electron chi connectivity index (χ1n) is 5.41. The molecule has 1 heterocycles. The Hall–Kier alpha value is -2.28. The van der Waals surface area contributed by atoms with Crippen LogP contribution in [-0.2, 0) is 6.42 Å². The molecule has 2 nitrogen and oxygen atoms in total. The molecule has 0 unspecified atom stereocenters. The molecular formula is C14H10F2N2. The minimum Gasteiger partial charge on any atom is -0.253 e. The molecule has 4 heteroatoms. The van der Waals surface area contributed by atoms with Gasteiger partial charge in [0, 0.05) is 11.3 Å². The number of nitriles is 1. The third-order valence-electron chi connectivity index (χ3n) is 2.69. The van der Waals surface area contributed by atoms with E-state index in [2.05, 4.69) is 4.98 Å². The van der Waals surface area contributed by atoms with Crippen LogP contribution in [-0.4, -0.2) is 4.98 Å². The highest BCUT2D eigenvalue weighted by Crippen LogP contribution is 2.23. The molecule has 2 aromatic rings. The summed E-state index contributed by atoms with van der Waals surface area (Å²) in [4.78, 5) is 4.21. The largest absolute Gasteiger partial charge is 0.253 e. The second-order valence-electron chi connectivity index (χ2n) is 3.88. The quantitative estimate of drug-likeness (QED) is 0.811. The van der Waals surface area contributed by atoms with Crippen molar-refractivity contribution in [2.24, 2.45) is 0 Å². The molecule has 90 valence electrons. The number of nitrogens with zero attached hydrogens (tertiary/aromatic N) is 2. The number of aryl methyl sites for hydroxylation is 1. The number of hydrogen-bond donors (Lipinski definition) is 0. The summed E-state index contributed by atoms with van der Waals surface area (Å²) >= 11 is 0. The number of pyridine rings is 1. The van der Waals surface area contributed by atoms with Gasteiger partial charge in [-0.3, -0.25) is 4.98 Å². The Bertz CT molecular complexity index is 630. The molecule has 0 saturated carbocycles. The SMILES string of the molecule is Cc1nc(-c2cccc(F)c2F)ccc1CC#N. The lowest BCUT2D eigenvalue weighted by Gasteiger charge is -2.06. The molecule has 1 aromatic carbocycles. The van der Waals surface area contributed by atoms with Crippen molar-refractivity contribution in [1.82, 2.24) is 4.98 Å². The van der Waals surface area contributed by atoms with Crippen LogP contribution in [0.5, 0.6) is 0 Å². The molecule has 0 atom stereocenters. The predicted molar refractivity (Wildman–Crippen MR) is 63.6 cm³/mol. The molecule has 0 N–H and O–H groups in total. The van der Waals surface area contributed by atoms with Crippen molar-refractivity contribution in [3.05, 3.63) is 53.2 Å². The van der Waals surface area contributed by atoms with Gasteiger partial charge >= 0.3 is 0 Å². The van der Waals surface area contributed by atoms with Crippen molar-refractivity contribution in [2.75, 3.05) is 0 Å². The fraction of sp³-hybridized carbons (Fsp3) is 0.143. The molecule has 0 amide bonds. The first kappa shape index (κ1) is 12.2. The van der Waals surface area contributed by atoms with Gasteiger partial charge in [-0.05, 0) is 30.7 Å². The molecule has 0 bridgehead atoms. The van der Waals surface area contributed by atoms with E-state index in [0.29, 0.717) is 11.4 Å². The predicted octanol–water partition coefficient (Wildman–Crippen LogP) is 3.40. The van der Waals surface area contributed by atoms with Crippen molar-refractivity contribution in [3.63, 3.8) is 0 Å². The summed E-state index contributed by atoms with van der Waals surface area (Å²) in [5.41, 5.74) is 1.93. The number of benzene rings is 1. The van der Waals surface area contributed by atoms with Crippen LogP contribution in [0.1, 0.15) is 11.3 Å².